The number of anilines is 1. The number of methoxy groups -OCH3 is 1. The van der Waals surface area contributed by atoms with Gasteiger partial charge in [0.15, 0.2) is 0 Å². The molecule has 1 aliphatic rings. The van der Waals surface area contributed by atoms with E-state index in [0.717, 1.165) is 31.2 Å². The number of nitrogens with one attached hydrogen (secondary N) is 1. The minimum atomic E-state index is -0.258. The van der Waals surface area contributed by atoms with Crippen LogP contribution >= 0.6 is 0 Å². The topological polar surface area (TPSA) is 63.6 Å². The maximum atomic E-state index is 13.4. The fraction of sp³-hybridized carbons (Fsp3) is 0.267. The highest BCUT2D eigenvalue weighted by Gasteiger charge is 2.17. The van der Waals surface area contributed by atoms with Crippen molar-refractivity contribution in [3.05, 3.63) is 100 Å². The summed E-state index contributed by atoms with van der Waals surface area (Å²) in [6.45, 7) is 5.52. The third-order valence-corrected chi connectivity index (χ3v) is 7.01. The summed E-state index contributed by atoms with van der Waals surface area (Å²) in [6, 6.07) is 22.5. The lowest BCUT2D eigenvalue weighted by Gasteiger charge is -2.30. The molecule has 4 aromatic rings. The minimum absolute atomic E-state index is 0.177. The number of nitrogens with zero attached hydrogens (tertiary/aromatic N) is 2. The molecule has 0 atom stereocenters. The molecule has 36 heavy (non-hydrogen) atoms. The number of carbonyl (C=O) groups is 1. The van der Waals surface area contributed by atoms with Crippen LogP contribution < -0.4 is 15.6 Å². The minimum Gasteiger partial charge on any atom is -0.497 e. The molecule has 3 aromatic carbocycles. The summed E-state index contributed by atoms with van der Waals surface area (Å²) in [5, 5.41) is 4.13. The van der Waals surface area contributed by atoms with Gasteiger partial charge in [0.1, 0.15) is 5.75 Å². The first kappa shape index (κ1) is 23.8. The van der Waals surface area contributed by atoms with Crippen molar-refractivity contribution in [2.75, 3.05) is 25.5 Å². The third kappa shape index (κ3) is 5.04. The number of piperidine rings is 1. The molecule has 1 aromatic heterocycles. The van der Waals surface area contributed by atoms with E-state index in [9.17, 15) is 9.59 Å². The molecule has 1 aliphatic heterocycles. The number of likely N-dealkylation sites (tertiary alicyclic amines) is 1. The summed E-state index contributed by atoms with van der Waals surface area (Å²) >= 11 is 0. The molecule has 2 heterocycles. The molecular weight excluding hydrogens is 450 g/mol. The molecule has 6 nitrogen and oxygen atoms in total. The van der Waals surface area contributed by atoms with Crippen LogP contribution in [0.15, 0.2) is 83.8 Å². The van der Waals surface area contributed by atoms with E-state index in [1.54, 1.807) is 43.6 Å². The molecule has 0 radical (unpaired) electrons. The summed E-state index contributed by atoms with van der Waals surface area (Å²) in [5.41, 5.74) is 2.89. The molecule has 6 heteroatoms. The number of ether oxygens (including phenoxy) is 1. The van der Waals surface area contributed by atoms with Crippen molar-refractivity contribution in [3.8, 4) is 11.4 Å². The van der Waals surface area contributed by atoms with Gasteiger partial charge in [-0.2, -0.15) is 0 Å². The van der Waals surface area contributed by atoms with Gasteiger partial charge in [0.2, 0.25) is 0 Å². The Labute approximate surface area is 211 Å². The summed E-state index contributed by atoms with van der Waals surface area (Å²) in [5.74, 6) is 1.25. The van der Waals surface area contributed by atoms with Gasteiger partial charge in [0, 0.05) is 34.9 Å². The van der Waals surface area contributed by atoms with Crippen molar-refractivity contribution in [2.24, 2.45) is 5.92 Å². The second-order valence-electron chi connectivity index (χ2n) is 9.57. The Morgan fingerprint density at radius 1 is 0.944 bits per heavy atom. The first-order valence-electron chi connectivity index (χ1n) is 12.4. The van der Waals surface area contributed by atoms with Gasteiger partial charge in [0.05, 0.1) is 12.7 Å². The number of aromatic nitrogens is 1. The SMILES string of the molecule is COc1ccc(-n2cc(C(=O)Nc3ccc(CN4CCC(C)CC4)cc3)c3ccccc3c2=O)cc1. The van der Waals surface area contributed by atoms with Crippen LogP contribution in [-0.4, -0.2) is 35.6 Å². The van der Waals surface area contributed by atoms with Crippen molar-refractivity contribution in [1.29, 1.82) is 0 Å². The first-order valence-corrected chi connectivity index (χ1v) is 12.4. The van der Waals surface area contributed by atoms with Crippen molar-refractivity contribution in [1.82, 2.24) is 9.47 Å². The van der Waals surface area contributed by atoms with Gasteiger partial charge in [-0.25, -0.2) is 0 Å². The molecule has 0 saturated carbocycles. The van der Waals surface area contributed by atoms with Crippen molar-refractivity contribution >= 4 is 22.4 Å². The van der Waals surface area contributed by atoms with E-state index < -0.39 is 0 Å². The first-order chi connectivity index (χ1) is 17.5. The average molecular weight is 482 g/mol. The van der Waals surface area contributed by atoms with Crippen LogP contribution in [0.4, 0.5) is 5.69 Å². The monoisotopic (exact) mass is 481 g/mol. The van der Waals surface area contributed by atoms with Gasteiger partial charge >= 0.3 is 0 Å². The predicted octanol–water partition coefficient (Wildman–Crippen LogP) is 5.48. The molecule has 5 rings (SSSR count). The van der Waals surface area contributed by atoms with Crippen LogP contribution in [0.2, 0.25) is 0 Å². The smallest absolute Gasteiger partial charge is 0.262 e. The fourth-order valence-corrected chi connectivity index (χ4v) is 4.78. The molecule has 1 amide bonds. The van der Waals surface area contributed by atoms with Gasteiger partial charge < -0.3 is 10.1 Å². The maximum Gasteiger partial charge on any atom is 0.262 e. The van der Waals surface area contributed by atoms with Crippen LogP contribution in [0, 0.1) is 5.92 Å². The molecule has 1 N–H and O–H groups in total. The number of amides is 1. The number of pyridine rings is 1. The van der Waals surface area contributed by atoms with Crippen LogP contribution in [0.1, 0.15) is 35.7 Å². The molecule has 0 bridgehead atoms. The van der Waals surface area contributed by atoms with Gasteiger partial charge in [-0.3, -0.25) is 19.1 Å². The number of fused-ring (bicyclic) bond motifs is 1. The summed E-state index contributed by atoms with van der Waals surface area (Å²) in [4.78, 5) is 29.1. The number of hydrogen-bond donors (Lipinski definition) is 1. The van der Waals surface area contributed by atoms with Gasteiger partial charge in [0.25, 0.3) is 11.5 Å². The predicted molar refractivity (Wildman–Crippen MR) is 144 cm³/mol. The normalized spacial score (nSPS) is 14.6. The summed E-state index contributed by atoms with van der Waals surface area (Å²) in [7, 11) is 1.60. The molecule has 0 aliphatic carbocycles. The zero-order valence-electron chi connectivity index (χ0n) is 20.7. The lowest BCUT2D eigenvalue weighted by atomic mass is 9.99. The Morgan fingerprint density at radius 3 is 2.28 bits per heavy atom. The molecule has 0 unspecified atom stereocenters. The van der Waals surface area contributed by atoms with E-state index in [2.05, 4.69) is 29.3 Å². The summed E-state index contributed by atoms with van der Waals surface area (Å²) < 4.78 is 6.75. The van der Waals surface area contributed by atoms with Crippen LogP contribution in [0.25, 0.3) is 16.5 Å². The van der Waals surface area contributed by atoms with E-state index in [1.165, 1.54) is 23.0 Å². The zero-order chi connectivity index (χ0) is 25.1. The average Bonchev–Trinajstić information content (AvgIpc) is 2.91. The van der Waals surface area contributed by atoms with Gasteiger partial charge in [-0.1, -0.05) is 37.3 Å². The van der Waals surface area contributed by atoms with Crippen molar-refractivity contribution in [3.63, 3.8) is 0 Å². The number of rotatable bonds is 6. The van der Waals surface area contributed by atoms with E-state index in [0.29, 0.717) is 27.8 Å². The van der Waals surface area contributed by atoms with E-state index in [4.69, 9.17) is 4.74 Å². The molecule has 1 saturated heterocycles. The van der Waals surface area contributed by atoms with Gasteiger partial charge in [-0.05, 0) is 79.9 Å². The molecular formula is C30H31N3O3. The van der Waals surface area contributed by atoms with Crippen LogP contribution in [0.3, 0.4) is 0 Å². The number of carbonyl (C=O) groups excluding carboxylic acids is 1. The lowest BCUT2D eigenvalue weighted by Crippen LogP contribution is -2.32. The van der Waals surface area contributed by atoms with E-state index >= 15 is 0 Å². The Bertz CT molecular complexity index is 1420. The summed E-state index contributed by atoms with van der Waals surface area (Å²) in [6.07, 6.45) is 4.12. The van der Waals surface area contributed by atoms with E-state index in [-0.39, 0.29) is 11.5 Å². The standard InChI is InChI=1S/C30H31N3O3/c1-21-15-17-32(18-16-21)19-22-7-9-23(10-8-22)31-29(34)28-20-33(24-11-13-25(36-2)14-12-24)30(35)27-6-4-3-5-26(27)28/h3-14,20-21H,15-19H2,1-2H3,(H,31,34). The third-order valence-electron chi connectivity index (χ3n) is 7.01. The Kier molecular flexibility index (Phi) is 6.87. The highest BCUT2D eigenvalue weighted by molar-refractivity contribution is 6.12. The van der Waals surface area contributed by atoms with Crippen molar-refractivity contribution in [2.45, 2.75) is 26.3 Å². The highest BCUT2D eigenvalue weighted by Crippen LogP contribution is 2.22. The molecule has 0 spiro atoms. The van der Waals surface area contributed by atoms with Crippen LogP contribution in [-0.2, 0) is 6.54 Å². The van der Waals surface area contributed by atoms with Gasteiger partial charge in [-0.15, -0.1) is 0 Å². The molecule has 1 fully saturated rings. The second-order valence-corrected chi connectivity index (χ2v) is 9.57. The van der Waals surface area contributed by atoms with E-state index in [1.807, 2.05) is 30.3 Å². The molecule has 184 valence electrons. The Balaban J connectivity index is 1.40. The number of hydrogen-bond acceptors (Lipinski definition) is 4. The van der Waals surface area contributed by atoms with Crippen LogP contribution in [0.5, 0.6) is 5.75 Å². The maximum absolute atomic E-state index is 13.4. The zero-order valence-corrected chi connectivity index (χ0v) is 20.7. The number of benzene rings is 3. The van der Waals surface area contributed by atoms with Crippen molar-refractivity contribution < 1.29 is 9.53 Å². The Morgan fingerprint density at radius 2 is 1.61 bits per heavy atom. The largest absolute Gasteiger partial charge is 0.497 e. The highest BCUT2D eigenvalue weighted by atomic mass is 16.5. The Hall–Kier alpha value is -3.90. The lowest BCUT2D eigenvalue weighted by molar-refractivity contribution is 0.102. The quantitative estimate of drug-likeness (QED) is 0.396. The second kappa shape index (κ2) is 10.4. The fourth-order valence-electron chi connectivity index (χ4n) is 4.78.